The summed E-state index contributed by atoms with van der Waals surface area (Å²) in [5.41, 5.74) is 2.61. The van der Waals surface area contributed by atoms with E-state index in [2.05, 4.69) is 32.3 Å². The maximum absolute atomic E-state index is 14.0. The van der Waals surface area contributed by atoms with E-state index < -0.39 is 17.6 Å². The molecule has 1 aromatic heterocycles. The second-order valence-corrected chi connectivity index (χ2v) is 10.2. The van der Waals surface area contributed by atoms with Gasteiger partial charge in [-0.15, -0.1) is 0 Å². The first-order chi connectivity index (χ1) is 20.2. The Labute approximate surface area is 242 Å². The van der Waals surface area contributed by atoms with Crippen molar-refractivity contribution in [3.63, 3.8) is 0 Å². The molecule has 0 atom stereocenters. The molecule has 4 aromatic rings. The summed E-state index contributed by atoms with van der Waals surface area (Å²) in [7, 11) is 0. The third-order valence-corrected chi connectivity index (χ3v) is 7.33. The van der Waals surface area contributed by atoms with Crippen molar-refractivity contribution in [1.82, 2.24) is 20.0 Å². The van der Waals surface area contributed by atoms with E-state index in [1.807, 2.05) is 36.1 Å². The number of carbonyl (C=O) groups excluding carboxylic acids is 1. The van der Waals surface area contributed by atoms with Crippen molar-refractivity contribution < 1.29 is 23.1 Å². The summed E-state index contributed by atoms with van der Waals surface area (Å²) in [5, 5.41) is 20.7. The lowest BCUT2D eigenvalue weighted by Crippen LogP contribution is -2.46. The van der Waals surface area contributed by atoms with Gasteiger partial charge in [0.05, 0.1) is 29.4 Å². The molecule has 1 fully saturated rings. The number of rotatable bonds is 6. The largest absolute Gasteiger partial charge is 0.416 e. The molecule has 42 heavy (non-hydrogen) atoms. The Balaban J connectivity index is 1.33. The van der Waals surface area contributed by atoms with Crippen LogP contribution in [0.2, 0.25) is 0 Å². The summed E-state index contributed by atoms with van der Waals surface area (Å²) in [6.07, 6.45) is -2.99. The van der Waals surface area contributed by atoms with Gasteiger partial charge < -0.3 is 10.4 Å². The second-order valence-electron chi connectivity index (χ2n) is 10.2. The fourth-order valence-corrected chi connectivity index (χ4v) is 4.95. The molecule has 0 radical (unpaired) electrons. The van der Waals surface area contributed by atoms with Crippen LogP contribution in [0.15, 0.2) is 66.9 Å². The quantitative estimate of drug-likeness (QED) is 0.325. The molecule has 2 N–H and O–H groups in total. The van der Waals surface area contributed by atoms with Crippen LogP contribution in [0, 0.1) is 18.8 Å². The maximum atomic E-state index is 14.0. The molecule has 1 saturated heterocycles. The number of fused-ring (bicyclic) bond motifs is 1. The number of aromatic nitrogens is 2. The summed E-state index contributed by atoms with van der Waals surface area (Å²) < 4.78 is 42.1. The first kappa shape index (κ1) is 29.2. The number of halogens is 3. The topological polar surface area (TPSA) is 81.6 Å². The predicted octanol–water partition coefficient (Wildman–Crippen LogP) is 4.72. The number of carbonyl (C=O) groups is 1. The third kappa shape index (κ3) is 6.94. The highest BCUT2D eigenvalue weighted by molar-refractivity contribution is 6.04. The molecular formula is C32H30F3N5O2. The Morgan fingerprint density at radius 2 is 1.71 bits per heavy atom. The maximum Gasteiger partial charge on any atom is 0.416 e. The number of piperazine rings is 1. The molecule has 216 valence electrons. The van der Waals surface area contributed by atoms with Crippen molar-refractivity contribution in [3.8, 4) is 11.8 Å². The molecule has 0 aliphatic carbocycles. The number of aryl methyl sites for hydroxylation is 1. The lowest BCUT2D eigenvalue weighted by molar-refractivity contribution is -0.138. The minimum atomic E-state index is -4.58. The number of benzene rings is 3. The van der Waals surface area contributed by atoms with Crippen LogP contribution in [0.3, 0.4) is 0 Å². The van der Waals surface area contributed by atoms with Gasteiger partial charge in [-0.05, 0) is 48.4 Å². The van der Waals surface area contributed by atoms with Gasteiger partial charge in [-0.2, -0.15) is 23.4 Å². The Bertz CT molecular complexity index is 1650. The number of aliphatic hydroxyl groups is 1. The van der Waals surface area contributed by atoms with Crippen LogP contribution in [0.25, 0.3) is 10.9 Å². The van der Waals surface area contributed by atoms with E-state index in [1.54, 1.807) is 24.4 Å². The second kappa shape index (κ2) is 12.7. The number of nitrogens with one attached hydrogen (secondary N) is 1. The number of anilines is 1. The van der Waals surface area contributed by atoms with Crippen molar-refractivity contribution in [2.24, 2.45) is 0 Å². The predicted molar refractivity (Wildman–Crippen MR) is 155 cm³/mol. The van der Waals surface area contributed by atoms with E-state index in [9.17, 15) is 18.0 Å². The monoisotopic (exact) mass is 573 g/mol. The van der Waals surface area contributed by atoms with Gasteiger partial charge in [-0.1, -0.05) is 42.2 Å². The molecule has 10 heteroatoms. The SMILES string of the molecule is Cc1ccc(C(=O)Nc2ccc(CN3CCN(CCO)CC3)c(C(F)(F)F)c2)cc1C#Cc1cnnc2ccccc12. The average Bonchev–Trinajstić information content (AvgIpc) is 2.98. The Morgan fingerprint density at radius 1 is 0.976 bits per heavy atom. The Hall–Kier alpha value is -4.30. The van der Waals surface area contributed by atoms with Gasteiger partial charge in [-0.25, -0.2) is 0 Å². The van der Waals surface area contributed by atoms with Gasteiger partial charge in [0.2, 0.25) is 0 Å². The van der Waals surface area contributed by atoms with Crippen molar-refractivity contribution in [2.75, 3.05) is 44.6 Å². The van der Waals surface area contributed by atoms with Gasteiger partial charge in [0.15, 0.2) is 0 Å². The molecular weight excluding hydrogens is 543 g/mol. The number of alkyl halides is 3. The summed E-state index contributed by atoms with van der Waals surface area (Å²) in [4.78, 5) is 17.1. The van der Waals surface area contributed by atoms with Crippen molar-refractivity contribution in [2.45, 2.75) is 19.6 Å². The number of β-amino-alcohol motifs (C(OH)–C–C–N with tert-alkyl or cyclic N) is 1. The van der Waals surface area contributed by atoms with E-state index in [0.29, 0.717) is 43.9 Å². The smallest absolute Gasteiger partial charge is 0.395 e. The lowest BCUT2D eigenvalue weighted by atomic mass is 10.0. The molecule has 3 aromatic carbocycles. The lowest BCUT2D eigenvalue weighted by Gasteiger charge is -2.34. The number of hydrogen-bond acceptors (Lipinski definition) is 6. The van der Waals surface area contributed by atoms with Crippen LogP contribution in [0.4, 0.5) is 18.9 Å². The Morgan fingerprint density at radius 3 is 2.48 bits per heavy atom. The fraction of sp³-hybridized carbons (Fsp3) is 0.281. The van der Waals surface area contributed by atoms with Crippen molar-refractivity contribution in [1.29, 1.82) is 0 Å². The highest BCUT2D eigenvalue weighted by Crippen LogP contribution is 2.35. The fourth-order valence-electron chi connectivity index (χ4n) is 4.95. The first-order valence-corrected chi connectivity index (χ1v) is 13.6. The van der Waals surface area contributed by atoms with Crippen LogP contribution >= 0.6 is 0 Å². The summed E-state index contributed by atoms with van der Waals surface area (Å²) >= 11 is 0. The first-order valence-electron chi connectivity index (χ1n) is 13.6. The number of nitrogens with zero attached hydrogens (tertiary/aromatic N) is 4. The van der Waals surface area contributed by atoms with Crippen LogP contribution in [0.1, 0.15) is 38.2 Å². The third-order valence-electron chi connectivity index (χ3n) is 7.33. The minimum absolute atomic E-state index is 0.0590. The zero-order chi connectivity index (χ0) is 29.7. The average molecular weight is 574 g/mol. The van der Waals surface area contributed by atoms with Crippen molar-refractivity contribution >= 4 is 22.5 Å². The summed E-state index contributed by atoms with van der Waals surface area (Å²) in [6, 6.07) is 16.4. The van der Waals surface area contributed by atoms with Crippen LogP contribution < -0.4 is 5.32 Å². The molecule has 1 amide bonds. The van der Waals surface area contributed by atoms with Gasteiger partial charge in [0, 0.05) is 61.5 Å². The standard InChI is InChI=1S/C32H30F3N5O2/c1-22-6-7-24(18-23(22)8-9-25-20-36-38-30-5-3-2-4-28(25)30)31(42)37-27-11-10-26(29(19-27)32(33,34)35)21-40-14-12-39(13-15-40)16-17-41/h2-7,10-11,18-20,41H,12-17,21H2,1H3,(H,37,42). The minimum Gasteiger partial charge on any atom is -0.395 e. The summed E-state index contributed by atoms with van der Waals surface area (Å²) in [6.45, 7) is 5.25. The summed E-state index contributed by atoms with van der Waals surface area (Å²) in [5.74, 6) is 5.67. The van der Waals surface area contributed by atoms with Gasteiger partial charge >= 0.3 is 6.18 Å². The van der Waals surface area contributed by atoms with E-state index in [1.165, 1.54) is 12.1 Å². The molecule has 7 nitrogen and oxygen atoms in total. The zero-order valence-corrected chi connectivity index (χ0v) is 23.1. The molecule has 1 aliphatic rings. The van der Waals surface area contributed by atoms with E-state index >= 15 is 0 Å². The highest BCUT2D eigenvalue weighted by atomic mass is 19.4. The van der Waals surface area contributed by atoms with Gasteiger partial charge in [0.1, 0.15) is 0 Å². The molecule has 0 saturated carbocycles. The number of amides is 1. The molecule has 2 heterocycles. The molecule has 1 aliphatic heterocycles. The molecule has 0 unspecified atom stereocenters. The molecule has 0 bridgehead atoms. The van der Waals surface area contributed by atoms with E-state index in [-0.39, 0.29) is 30.0 Å². The van der Waals surface area contributed by atoms with E-state index in [0.717, 1.165) is 22.5 Å². The van der Waals surface area contributed by atoms with Crippen molar-refractivity contribution in [3.05, 3.63) is 100 Å². The molecule has 5 rings (SSSR count). The van der Waals surface area contributed by atoms with E-state index in [4.69, 9.17) is 5.11 Å². The van der Waals surface area contributed by atoms with Gasteiger partial charge in [0.25, 0.3) is 5.91 Å². The number of aliphatic hydroxyl groups excluding tert-OH is 1. The highest BCUT2D eigenvalue weighted by Gasteiger charge is 2.34. The van der Waals surface area contributed by atoms with Crippen LogP contribution in [-0.2, 0) is 12.7 Å². The van der Waals surface area contributed by atoms with Crippen LogP contribution in [-0.4, -0.2) is 70.3 Å². The van der Waals surface area contributed by atoms with Gasteiger partial charge in [-0.3, -0.25) is 14.6 Å². The zero-order valence-electron chi connectivity index (χ0n) is 23.1. The normalized spacial score (nSPS) is 14.4. The molecule has 0 spiro atoms. The number of hydrogen-bond donors (Lipinski definition) is 2. The Kier molecular flexibility index (Phi) is 8.83. The van der Waals surface area contributed by atoms with Crippen LogP contribution in [0.5, 0.6) is 0 Å².